The van der Waals surface area contributed by atoms with Crippen molar-refractivity contribution in [3.8, 4) is 11.5 Å². The molecule has 0 amide bonds. The summed E-state index contributed by atoms with van der Waals surface area (Å²) in [5, 5.41) is 0. The second-order valence-corrected chi connectivity index (χ2v) is 6.78. The van der Waals surface area contributed by atoms with Gasteiger partial charge in [-0.15, -0.1) is 0 Å². The van der Waals surface area contributed by atoms with E-state index in [0.29, 0.717) is 35.8 Å². The molecule has 0 aromatic heterocycles. The predicted octanol–water partition coefficient (Wildman–Crippen LogP) is 5.70. The standard InChI is InChI=1S/C23H28O4/c1-4-6-15-26-20-11-9-19(10-12-20)23(25)27-21-13-7-18(8-14-21)22(24)16-17(3)5-2/h7-14,17H,4-6,15-16H2,1-3H3. The van der Waals surface area contributed by atoms with Crippen molar-refractivity contribution in [1.82, 2.24) is 0 Å². The van der Waals surface area contributed by atoms with Crippen LogP contribution in [0.5, 0.6) is 11.5 Å². The number of hydrogen-bond donors (Lipinski definition) is 0. The molecule has 0 fully saturated rings. The molecule has 2 aromatic rings. The molecule has 0 aliphatic carbocycles. The van der Waals surface area contributed by atoms with Crippen LogP contribution < -0.4 is 9.47 Å². The van der Waals surface area contributed by atoms with Crippen LogP contribution in [0.2, 0.25) is 0 Å². The number of rotatable bonds is 10. The maximum atomic E-state index is 12.3. The molecule has 1 atom stereocenters. The molecule has 0 radical (unpaired) electrons. The van der Waals surface area contributed by atoms with Crippen LogP contribution in [0.4, 0.5) is 0 Å². The first-order valence-electron chi connectivity index (χ1n) is 9.61. The van der Waals surface area contributed by atoms with Crippen LogP contribution in [-0.4, -0.2) is 18.4 Å². The third-order valence-corrected chi connectivity index (χ3v) is 4.47. The summed E-state index contributed by atoms with van der Waals surface area (Å²) in [7, 11) is 0. The van der Waals surface area contributed by atoms with Gasteiger partial charge >= 0.3 is 5.97 Å². The maximum absolute atomic E-state index is 12.3. The molecule has 4 nitrogen and oxygen atoms in total. The van der Waals surface area contributed by atoms with Crippen molar-refractivity contribution in [3.05, 3.63) is 59.7 Å². The molecule has 0 aliphatic heterocycles. The zero-order chi connectivity index (χ0) is 19.6. The van der Waals surface area contributed by atoms with Crippen LogP contribution in [-0.2, 0) is 0 Å². The highest BCUT2D eigenvalue weighted by atomic mass is 16.5. The Morgan fingerprint density at radius 2 is 1.48 bits per heavy atom. The number of Topliss-reactive ketones (excluding diaryl/α,β-unsaturated/α-hetero) is 1. The van der Waals surface area contributed by atoms with E-state index >= 15 is 0 Å². The fourth-order valence-electron chi connectivity index (χ4n) is 2.48. The van der Waals surface area contributed by atoms with E-state index < -0.39 is 5.97 Å². The van der Waals surface area contributed by atoms with E-state index in [-0.39, 0.29) is 5.78 Å². The SMILES string of the molecule is CCCCOc1ccc(C(=O)Oc2ccc(C(=O)CC(C)CC)cc2)cc1. The minimum absolute atomic E-state index is 0.112. The van der Waals surface area contributed by atoms with Gasteiger partial charge < -0.3 is 9.47 Å². The lowest BCUT2D eigenvalue weighted by Gasteiger charge is -2.09. The fourth-order valence-corrected chi connectivity index (χ4v) is 2.48. The highest BCUT2D eigenvalue weighted by molar-refractivity contribution is 5.96. The lowest BCUT2D eigenvalue weighted by molar-refractivity contribution is 0.0734. The van der Waals surface area contributed by atoms with E-state index in [1.165, 1.54) is 0 Å². The van der Waals surface area contributed by atoms with Crippen molar-refractivity contribution < 1.29 is 19.1 Å². The molecule has 0 saturated carbocycles. The summed E-state index contributed by atoms with van der Waals surface area (Å²) >= 11 is 0. The van der Waals surface area contributed by atoms with Gasteiger partial charge in [0.2, 0.25) is 0 Å². The number of ether oxygens (including phenoxy) is 2. The van der Waals surface area contributed by atoms with Crippen LogP contribution in [0.3, 0.4) is 0 Å². The minimum atomic E-state index is -0.436. The molecule has 4 heteroatoms. The molecule has 1 unspecified atom stereocenters. The zero-order valence-corrected chi connectivity index (χ0v) is 16.4. The van der Waals surface area contributed by atoms with E-state index in [2.05, 4.69) is 20.8 Å². The molecule has 2 aromatic carbocycles. The molecular weight excluding hydrogens is 340 g/mol. The second kappa shape index (κ2) is 10.5. The van der Waals surface area contributed by atoms with E-state index in [1.807, 2.05) is 0 Å². The van der Waals surface area contributed by atoms with E-state index in [4.69, 9.17) is 9.47 Å². The van der Waals surface area contributed by atoms with Crippen molar-refractivity contribution in [2.45, 2.75) is 46.5 Å². The van der Waals surface area contributed by atoms with Crippen molar-refractivity contribution in [2.75, 3.05) is 6.61 Å². The molecule has 0 heterocycles. The number of carbonyl (C=O) groups excluding carboxylic acids is 2. The van der Waals surface area contributed by atoms with Crippen LogP contribution in [0, 0.1) is 5.92 Å². The summed E-state index contributed by atoms with van der Waals surface area (Å²) in [6.07, 6.45) is 3.58. The second-order valence-electron chi connectivity index (χ2n) is 6.78. The Balaban J connectivity index is 1.92. The topological polar surface area (TPSA) is 52.6 Å². The van der Waals surface area contributed by atoms with Gasteiger partial charge in [-0.1, -0.05) is 33.6 Å². The molecule has 2 rings (SSSR count). The molecule has 144 valence electrons. The number of benzene rings is 2. The smallest absolute Gasteiger partial charge is 0.343 e. The molecule has 0 spiro atoms. The summed E-state index contributed by atoms with van der Waals surface area (Å²) in [5.74, 6) is 1.20. The first-order chi connectivity index (χ1) is 13.0. The van der Waals surface area contributed by atoms with Gasteiger partial charge in [0.1, 0.15) is 11.5 Å². The Morgan fingerprint density at radius 1 is 0.889 bits per heavy atom. The third-order valence-electron chi connectivity index (χ3n) is 4.47. The molecule has 27 heavy (non-hydrogen) atoms. The van der Waals surface area contributed by atoms with Crippen LogP contribution in [0.15, 0.2) is 48.5 Å². The Labute approximate surface area is 161 Å². The monoisotopic (exact) mass is 368 g/mol. The number of carbonyl (C=O) groups is 2. The van der Waals surface area contributed by atoms with Gasteiger partial charge in [0.05, 0.1) is 12.2 Å². The lowest BCUT2D eigenvalue weighted by atomic mass is 9.98. The minimum Gasteiger partial charge on any atom is -0.494 e. The molecule has 0 saturated heterocycles. The summed E-state index contributed by atoms with van der Waals surface area (Å²) in [6, 6.07) is 13.6. The summed E-state index contributed by atoms with van der Waals surface area (Å²) < 4.78 is 11.0. The average molecular weight is 368 g/mol. The largest absolute Gasteiger partial charge is 0.494 e. The van der Waals surface area contributed by atoms with Crippen molar-refractivity contribution in [3.63, 3.8) is 0 Å². The van der Waals surface area contributed by atoms with Crippen LogP contribution in [0.1, 0.15) is 67.2 Å². The summed E-state index contributed by atoms with van der Waals surface area (Å²) in [4.78, 5) is 24.4. The zero-order valence-electron chi connectivity index (χ0n) is 16.4. The van der Waals surface area contributed by atoms with Crippen LogP contribution >= 0.6 is 0 Å². The number of hydrogen-bond acceptors (Lipinski definition) is 4. The number of esters is 1. The van der Waals surface area contributed by atoms with Crippen molar-refractivity contribution >= 4 is 11.8 Å². The van der Waals surface area contributed by atoms with Crippen LogP contribution in [0.25, 0.3) is 0 Å². The first-order valence-corrected chi connectivity index (χ1v) is 9.61. The molecule has 0 N–H and O–H groups in total. The quantitative estimate of drug-likeness (QED) is 0.233. The van der Waals surface area contributed by atoms with E-state index in [0.717, 1.165) is 25.0 Å². The highest BCUT2D eigenvalue weighted by Crippen LogP contribution is 2.19. The first kappa shape index (κ1) is 20.7. The van der Waals surface area contributed by atoms with E-state index in [1.54, 1.807) is 48.5 Å². The fraction of sp³-hybridized carbons (Fsp3) is 0.391. The highest BCUT2D eigenvalue weighted by Gasteiger charge is 2.12. The van der Waals surface area contributed by atoms with Gasteiger partial charge in [-0.3, -0.25) is 4.79 Å². The number of unbranched alkanes of at least 4 members (excludes halogenated alkanes) is 1. The molecule has 0 bridgehead atoms. The maximum Gasteiger partial charge on any atom is 0.343 e. The Bertz CT molecular complexity index is 732. The Kier molecular flexibility index (Phi) is 8.05. The lowest BCUT2D eigenvalue weighted by Crippen LogP contribution is -2.09. The molecule has 0 aliphatic rings. The van der Waals surface area contributed by atoms with Crippen molar-refractivity contribution in [2.24, 2.45) is 5.92 Å². The van der Waals surface area contributed by atoms with Gasteiger partial charge in [-0.05, 0) is 60.9 Å². The Morgan fingerprint density at radius 3 is 2.07 bits per heavy atom. The molecular formula is C23H28O4. The summed E-state index contributed by atoms with van der Waals surface area (Å²) in [6.45, 7) is 6.91. The van der Waals surface area contributed by atoms with Gasteiger partial charge in [-0.25, -0.2) is 4.79 Å². The Hall–Kier alpha value is -2.62. The number of ketones is 1. The average Bonchev–Trinajstić information content (AvgIpc) is 2.69. The van der Waals surface area contributed by atoms with E-state index in [9.17, 15) is 9.59 Å². The van der Waals surface area contributed by atoms with Gasteiger partial charge in [-0.2, -0.15) is 0 Å². The predicted molar refractivity (Wildman–Crippen MR) is 107 cm³/mol. The van der Waals surface area contributed by atoms with Gasteiger partial charge in [0.15, 0.2) is 5.78 Å². The normalized spacial score (nSPS) is 11.7. The summed E-state index contributed by atoms with van der Waals surface area (Å²) in [5.41, 5.74) is 1.10. The van der Waals surface area contributed by atoms with Crippen molar-refractivity contribution in [1.29, 1.82) is 0 Å². The third kappa shape index (κ3) is 6.55. The van der Waals surface area contributed by atoms with Gasteiger partial charge in [0, 0.05) is 12.0 Å². The van der Waals surface area contributed by atoms with Gasteiger partial charge in [0.25, 0.3) is 0 Å².